The molecule has 0 amide bonds. The molecule has 1 aromatic rings. The molecule has 17 heavy (non-hydrogen) atoms. The van der Waals surface area contributed by atoms with E-state index in [0.29, 0.717) is 37.2 Å². The van der Waals surface area contributed by atoms with Crippen LogP contribution in [-0.4, -0.2) is 17.7 Å². The molecule has 1 aliphatic carbocycles. The number of carbonyl (C=O) groups is 1. The van der Waals surface area contributed by atoms with Gasteiger partial charge in [0, 0.05) is 17.5 Å². The molecule has 4 heteroatoms. The molecular formula is C13H13FO3. The van der Waals surface area contributed by atoms with E-state index in [2.05, 4.69) is 0 Å². The van der Waals surface area contributed by atoms with Crippen molar-refractivity contribution in [1.29, 1.82) is 0 Å². The highest BCUT2D eigenvalue weighted by Crippen LogP contribution is 2.48. The van der Waals surface area contributed by atoms with Crippen LogP contribution in [0.5, 0.6) is 5.75 Å². The number of ether oxygens (including phenoxy) is 1. The van der Waals surface area contributed by atoms with Gasteiger partial charge < -0.3 is 9.84 Å². The lowest BCUT2D eigenvalue weighted by molar-refractivity contribution is -0.147. The Kier molecular flexibility index (Phi) is 2.15. The molecule has 0 radical (unpaired) electrons. The maximum Gasteiger partial charge on any atom is 0.314 e. The van der Waals surface area contributed by atoms with Crippen molar-refractivity contribution in [2.75, 3.05) is 6.61 Å². The van der Waals surface area contributed by atoms with E-state index in [0.717, 1.165) is 12.0 Å². The molecule has 3 rings (SSSR count). The summed E-state index contributed by atoms with van der Waals surface area (Å²) in [6, 6.07) is 2.91. The van der Waals surface area contributed by atoms with E-state index in [1.807, 2.05) is 0 Å². The maximum atomic E-state index is 14.0. The number of benzene rings is 1. The molecule has 1 aromatic carbocycles. The smallest absolute Gasteiger partial charge is 0.314 e. The minimum absolute atomic E-state index is 0.367. The molecule has 1 fully saturated rings. The van der Waals surface area contributed by atoms with E-state index < -0.39 is 17.2 Å². The largest absolute Gasteiger partial charge is 0.493 e. The lowest BCUT2D eigenvalue weighted by atomic mass is 9.63. The third-order valence-electron chi connectivity index (χ3n) is 3.92. The Morgan fingerprint density at radius 3 is 2.76 bits per heavy atom. The van der Waals surface area contributed by atoms with Crippen LogP contribution in [0.15, 0.2) is 12.1 Å². The SMILES string of the molecule is O=C(O)C1(c2c(F)ccc3c2CCO3)CCC1. The Labute approximate surface area is 98.2 Å². The second-order valence-corrected chi connectivity index (χ2v) is 4.74. The van der Waals surface area contributed by atoms with Gasteiger partial charge in [0.2, 0.25) is 0 Å². The number of hydrogen-bond acceptors (Lipinski definition) is 2. The monoisotopic (exact) mass is 236 g/mol. The van der Waals surface area contributed by atoms with Crippen LogP contribution in [0.2, 0.25) is 0 Å². The van der Waals surface area contributed by atoms with Crippen molar-refractivity contribution < 1.29 is 19.0 Å². The van der Waals surface area contributed by atoms with Gasteiger partial charge in [-0.25, -0.2) is 4.39 Å². The van der Waals surface area contributed by atoms with Crippen LogP contribution in [0.25, 0.3) is 0 Å². The molecule has 1 N–H and O–H groups in total. The number of halogens is 1. The first kappa shape index (κ1) is 10.6. The lowest BCUT2D eigenvalue weighted by Crippen LogP contribution is -2.43. The minimum Gasteiger partial charge on any atom is -0.493 e. The van der Waals surface area contributed by atoms with Gasteiger partial charge in [-0.2, -0.15) is 0 Å². The van der Waals surface area contributed by atoms with Crippen LogP contribution in [0.1, 0.15) is 30.4 Å². The summed E-state index contributed by atoms with van der Waals surface area (Å²) in [5.41, 5.74) is 0.113. The van der Waals surface area contributed by atoms with Crippen LogP contribution >= 0.6 is 0 Å². The maximum absolute atomic E-state index is 14.0. The summed E-state index contributed by atoms with van der Waals surface area (Å²) in [7, 11) is 0. The fourth-order valence-electron chi connectivity index (χ4n) is 2.87. The van der Waals surface area contributed by atoms with E-state index in [-0.39, 0.29) is 0 Å². The summed E-state index contributed by atoms with van der Waals surface area (Å²) in [6.45, 7) is 0.515. The average molecular weight is 236 g/mol. The first-order valence-corrected chi connectivity index (χ1v) is 5.83. The van der Waals surface area contributed by atoms with E-state index in [1.54, 1.807) is 6.07 Å². The zero-order chi connectivity index (χ0) is 12.0. The van der Waals surface area contributed by atoms with Crippen molar-refractivity contribution in [3.05, 3.63) is 29.1 Å². The molecule has 0 saturated heterocycles. The second-order valence-electron chi connectivity index (χ2n) is 4.74. The summed E-state index contributed by atoms with van der Waals surface area (Å²) in [4.78, 5) is 11.4. The van der Waals surface area contributed by atoms with Gasteiger partial charge in [-0.1, -0.05) is 6.42 Å². The zero-order valence-electron chi connectivity index (χ0n) is 9.33. The van der Waals surface area contributed by atoms with Crippen LogP contribution in [0.4, 0.5) is 4.39 Å². The average Bonchev–Trinajstić information content (AvgIpc) is 2.67. The van der Waals surface area contributed by atoms with Gasteiger partial charge in [-0.15, -0.1) is 0 Å². The van der Waals surface area contributed by atoms with Crippen LogP contribution in [-0.2, 0) is 16.6 Å². The first-order valence-electron chi connectivity index (χ1n) is 5.83. The summed E-state index contributed by atoms with van der Waals surface area (Å²) in [5, 5.41) is 9.39. The van der Waals surface area contributed by atoms with E-state index >= 15 is 0 Å². The third-order valence-corrected chi connectivity index (χ3v) is 3.92. The number of carboxylic acid groups (broad SMARTS) is 1. The van der Waals surface area contributed by atoms with Crippen LogP contribution < -0.4 is 4.74 Å². The molecule has 0 spiro atoms. The predicted octanol–water partition coefficient (Wildman–Crippen LogP) is 2.27. The standard InChI is InChI=1S/C13H13FO3/c14-9-2-3-10-8(4-7-17-10)11(9)13(12(15)16)5-1-6-13/h2-3H,1,4-7H2,(H,15,16). The summed E-state index contributed by atoms with van der Waals surface area (Å²) >= 11 is 0. The predicted molar refractivity (Wildman–Crippen MR) is 58.8 cm³/mol. The highest BCUT2D eigenvalue weighted by atomic mass is 19.1. The van der Waals surface area contributed by atoms with E-state index in [9.17, 15) is 14.3 Å². The molecule has 0 aromatic heterocycles. The van der Waals surface area contributed by atoms with Crippen molar-refractivity contribution in [2.24, 2.45) is 0 Å². The molecule has 90 valence electrons. The summed E-state index contributed by atoms with van der Waals surface area (Å²) in [5.74, 6) is -0.673. The van der Waals surface area contributed by atoms with Gasteiger partial charge in [-0.3, -0.25) is 4.79 Å². The molecule has 0 atom stereocenters. The van der Waals surface area contributed by atoms with Gasteiger partial charge in [0.15, 0.2) is 0 Å². The molecule has 1 saturated carbocycles. The summed E-state index contributed by atoms with van der Waals surface area (Å²) < 4.78 is 19.4. The molecular weight excluding hydrogens is 223 g/mol. The molecule has 1 aliphatic heterocycles. The van der Waals surface area contributed by atoms with Crippen molar-refractivity contribution in [1.82, 2.24) is 0 Å². The Bertz CT molecular complexity index is 492. The molecule has 2 aliphatic rings. The van der Waals surface area contributed by atoms with Gasteiger partial charge in [0.1, 0.15) is 11.6 Å². The number of fused-ring (bicyclic) bond motifs is 1. The quantitative estimate of drug-likeness (QED) is 0.856. The van der Waals surface area contributed by atoms with Gasteiger partial charge >= 0.3 is 5.97 Å². The van der Waals surface area contributed by atoms with Crippen LogP contribution in [0, 0.1) is 5.82 Å². The highest BCUT2D eigenvalue weighted by molar-refractivity contribution is 5.83. The lowest BCUT2D eigenvalue weighted by Gasteiger charge is -2.39. The normalized spacial score (nSPS) is 20.3. The van der Waals surface area contributed by atoms with Crippen molar-refractivity contribution in [2.45, 2.75) is 31.1 Å². The number of carboxylic acids is 1. The number of rotatable bonds is 2. The molecule has 0 bridgehead atoms. The Morgan fingerprint density at radius 1 is 1.41 bits per heavy atom. The first-order chi connectivity index (χ1) is 8.15. The molecule has 3 nitrogen and oxygen atoms in total. The Balaban J connectivity index is 2.20. The van der Waals surface area contributed by atoms with Crippen molar-refractivity contribution in [3.8, 4) is 5.75 Å². The zero-order valence-corrected chi connectivity index (χ0v) is 9.33. The van der Waals surface area contributed by atoms with Crippen LogP contribution in [0.3, 0.4) is 0 Å². The van der Waals surface area contributed by atoms with Crippen molar-refractivity contribution >= 4 is 5.97 Å². The third kappa shape index (κ3) is 1.30. The van der Waals surface area contributed by atoms with E-state index in [4.69, 9.17) is 4.74 Å². The fourth-order valence-corrected chi connectivity index (χ4v) is 2.87. The topological polar surface area (TPSA) is 46.5 Å². The molecule has 0 unspecified atom stereocenters. The Morgan fingerprint density at radius 2 is 2.18 bits per heavy atom. The van der Waals surface area contributed by atoms with Gasteiger partial charge in [0.05, 0.1) is 12.0 Å². The second kappa shape index (κ2) is 3.45. The fraction of sp³-hybridized carbons (Fsp3) is 0.462. The van der Waals surface area contributed by atoms with Gasteiger partial charge in [0.25, 0.3) is 0 Å². The van der Waals surface area contributed by atoms with E-state index in [1.165, 1.54) is 6.07 Å². The number of aliphatic carboxylic acids is 1. The summed E-state index contributed by atoms with van der Waals surface area (Å²) in [6.07, 6.45) is 2.50. The number of hydrogen-bond donors (Lipinski definition) is 1. The highest BCUT2D eigenvalue weighted by Gasteiger charge is 2.49. The Hall–Kier alpha value is -1.58. The minimum atomic E-state index is -1.01. The van der Waals surface area contributed by atoms with Gasteiger partial charge in [-0.05, 0) is 25.0 Å². The van der Waals surface area contributed by atoms with Crippen molar-refractivity contribution in [3.63, 3.8) is 0 Å². The molecule has 1 heterocycles.